The first-order valence-corrected chi connectivity index (χ1v) is 19.6. The second-order valence-electron chi connectivity index (χ2n) is 13.5. The molecular formula is C38H86Cl4N4. The maximum absolute atomic E-state index is 5.86. The Morgan fingerprint density at radius 1 is 0.261 bits per heavy atom. The number of nitrogens with two attached hydrogens (primary N) is 2. The molecule has 0 saturated carbocycles. The maximum Gasteiger partial charge on any atom is -0.000672 e. The summed E-state index contributed by atoms with van der Waals surface area (Å²) in [6.07, 6.45) is 39.2. The second kappa shape index (κ2) is 50.4. The van der Waals surface area contributed by atoms with Crippen LogP contribution in [0.2, 0.25) is 0 Å². The van der Waals surface area contributed by atoms with Crippen LogP contribution >= 0.6 is 49.6 Å². The summed E-state index contributed by atoms with van der Waals surface area (Å²) in [7, 11) is 0. The maximum atomic E-state index is 5.86. The van der Waals surface area contributed by atoms with Crippen LogP contribution in [0.5, 0.6) is 0 Å². The first-order valence-electron chi connectivity index (χ1n) is 19.6. The van der Waals surface area contributed by atoms with Crippen molar-refractivity contribution >= 4 is 49.6 Å². The van der Waals surface area contributed by atoms with Gasteiger partial charge in [-0.15, -0.1) is 49.6 Å². The fourth-order valence-electron chi connectivity index (χ4n) is 6.32. The number of halogens is 4. The normalized spacial score (nSPS) is 10.8. The molecule has 0 aliphatic carbocycles. The first-order chi connectivity index (χ1) is 20.8. The van der Waals surface area contributed by atoms with E-state index in [9.17, 15) is 0 Å². The van der Waals surface area contributed by atoms with Crippen LogP contribution in [0.15, 0.2) is 0 Å². The Kier molecular flexibility index (Phi) is 61.7. The molecule has 286 valence electrons. The summed E-state index contributed by atoms with van der Waals surface area (Å²) in [5, 5.41) is 0. The lowest BCUT2D eigenvalue weighted by molar-refractivity contribution is 0.233. The zero-order chi connectivity index (χ0) is 30.6. The Bertz CT molecular complexity index is 450. The molecule has 0 unspecified atom stereocenters. The van der Waals surface area contributed by atoms with E-state index < -0.39 is 0 Å². The minimum Gasteiger partial charge on any atom is -0.330 e. The van der Waals surface area contributed by atoms with E-state index in [4.69, 9.17) is 11.5 Å². The average molecular weight is 741 g/mol. The van der Waals surface area contributed by atoms with Gasteiger partial charge in [0, 0.05) is 0 Å². The minimum absolute atomic E-state index is 0. The van der Waals surface area contributed by atoms with Crippen LogP contribution in [0.25, 0.3) is 0 Å². The molecule has 0 saturated heterocycles. The van der Waals surface area contributed by atoms with E-state index in [1.165, 1.54) is 206 Å². The van der Waals surface area contributed by atoms with Gasteiger partial charge >= 0.3 is 0 Å². The summed E-state index contributed by atoms with van der Waals surface area (Å²) in [6.45, 7) is 13.7. The fourth-order valence-corrected chi connectivity index (χ4v) is 6.32. The third-order valence-electron chi connectivity index (χ3n) is 9.21. The highest BCUT2D eigenvalue weighted by molar-refractivity contribution is 5.86. The van der Waals surface area contributed by atoms with Gasteiger partial charge in [0.2, 0.25) is 0 Å². The third kappa shape index (κ3) is 45.0. The molecule has 0 rings (SSSR count). The molecule has 0 radical (unpaired) electrons. The Morgan fingerprint density at radius 2 is 0.435 bits per heavy atom. The van der Waals surface area contributed by atoms with Crippen LogP contribution < -0.4 is 11.5 Å². The van der Waals surface area contributed by atoms with E-state index in [1.54, 1.807) is 0 Å². The summed E-state index contributed by atoms with van der Waals surface area (Å²) >= 11 is 0. The van der Waals surface area contributed by atoms with Crippen LogP contribution in [-0.2, 0) is 0 Å². The average Bonchev–Trinajstić information content (AvgIpc) is 3.00. The minimum atomic E-state index is 0. The zero-order valence-corrected chi connectivity index (χ0v) is 34.4. The summed E-state index contributed by atoms with van der Waals surface area (Å²) < 4.78 is 0. The molecule has 0 spiro atoms. The Labute approximate surface area is 315 Å². The number of rotatable bonds is 37. The summed E-state index contributed by atoms with van der Waals surface area (Å²) in [5.74, 6) is 0. The molecule has 46 heavy (non-hydrogen) atoms. The van der Waals surface area contributed by atoms with E-state index in [0.29, 0.717) is 0 Å². The van der Waals surface area contributed by atoms with E-state index in [1.807, 2.05) is 0 Å². The van der Waals surface area contributed by atoms with Crippen molar-refractivity contribution in [3.8, 4) is 0 Å². The zero-order valence-electron chi connectivity index (χ0n) is 31.1. The molecule has 0 atom stereocenters. The molecule has 8 heteroatoms. The van der Waals surface area contributed by atoms with Crippen LogP contribution in [-0.4, -0.2) is 62.2 Å². The van der Waals surface area contributed by atoms with Crippen molar-refractivity contribution in [1.82, 2.24) is 9.80 Å². The number of nitrogens with zero attached hydrogens (tertiary/aromatic N) is 2. The molecule has 0 heterocycles. The molecular weight excluding hydrogens is 654 g/mol. The molecule has 0 aromatic heterocycles. The molecule has 0 aliphatic heterocycles. The highest BCUT2D eigenvalue weighted by Gasteiger charge is 2.07. The number of hydrogen-bond acceptors (Lipinski definition) is 4. The van der Waals surface area contributed by atoms with Crippen molar-refractivity contribution in [2.24, 2.45) is 11.5 Å². The first kappa shape index (κ1) is 56.4. The standard InChI is InChI=1S/C38H82N4.4ClH/c1-3-5-7-9-11-13-15-17-19-21-23-25-33-41(37-29-31-39)35-27-28-36-42(38-30-32-40)34-26-24-22-20-18-16-14-12-10-8-6-4-2;;;;/h3-40H2,1-2H3;4*1H. The molecule has 0 aromatic rings. The van der Waals surface area contributed by atoms with Gasteiger partial charge in [-0.05, 0) is 90.9 Å². The lowest BCUT2D eigenvalue weighted by Crippen LogP contribution is -2.31. The highest BCUT2D eigenvalue weighted by atomic mass is 35.5. The van der Waals surface area contributed by atoms with Crippen molar-refractivity contribution in [1.29, 1.82) is 0 Å². The molecule has 0 aromatic carbocycles. The highest BCUT2D eigenvalue weighted by Crippen LogP contribution is 2.14. The lowest BCUT2D eigenvalue weighted by atomic mass is 10.1. The van der Waals surface area contributed by atoms with Crippen molar-refractivity contribution in [3.63, 3.8) is 0 Å². The topological polar surface area (TPSA) is 58.5 Å². The van der Waals surface area contributed by atoms with Gasteiger partial charge in [0.15, 0.2) is 0 Å². The molecule has 4 N–H and O–H groups in total. The predicted molar refractivity (Wildman–Crippen MR) is 221 cm³/mol. The third-order valence-corrected chi connectivity index (χ3v) is 9.21. The largest absolute Gasteiger partial charge is 0.330 e. The molecule has 0 bridgehead atoms. The molecule has 4 nitrogen and oxygen atoms in total. The van der Waals surface area contributed by atoms with Gasteiger partial charge in [0.25, 0.3) is 0 Å². The van der Waals surface area contributed by atoms with E-state index in [2.05, 4.69) is 23.6 Å². The Hall–Kier alpha value is 1.00. The Morgan fingerprint density at radius 3 is 0.652 bits per heavy atom. The molecule has 0 amide bonds. The summed E-state index contributed by atoms with van der Waals surface area (Å²) in [4.78, 5) is 5.41. The van der Waals surface area contributed by atoms with Crippen molar-refractivity contribution in [2.75, 3.05) is 52.4 Å². The van der Waals surface area contributed by atoms with E-state index in [0.717, 1.165) is 25.9 Å². The molecule has 0 fully saturated rings. The monoisotopic (exact) mass is 739 g/mol. The van der Waals surface area contributed by atoms with Crippen molar-refractivity contribution in [2.45, 2.75) is 194 Å². The van der Waals surface area contributed by atoms with Gasteiger partial charge in [-0.25, -0.2) is 0 Å². The quantitative estimate of drug-likeness (QED) is 0.0623. The predicted octanol–water partition coefficient (Wildman–Crippen LogP) is 12.2. The number of unbranched alkanes of at least 4 members (excludes halogenated alkanes) is 23. The fraction of sp³-hybridized carbons (Fsp3) is 1.00. The SMILES string of the molecule is CCCCCCCCCCCCCCN(CCCN)CCCCN(CCCN)CCCCCCCCCCCCCC.Cl.Cl.Cl.Cl. The van der Waals surface area contributed by atoms with Gasteiger partial charge in [-0.1, -0.05) is 155 Å². The van der Waals surface area contributed by atoms with E-state index in [-0.39, 0.29) is 49.6 Å². The smallest absolute Gasteiger partial charge is 0.000672 e. The number of hydrogen-bond donors (Lipinski definition) is 2. The van der Waals surface area contributed by atoms with Gasteiger partial charge in [0.05, 0.1) is 0 Å². The van der Waals surface area contributed by atoms with Crippen LogP contribution in [0, 0.1) is 0 Å². The lowest BCUT2D eigenvalue weighted by Gasteiger charge is -2.24. The van der Waals surface area contributed by atoms with Crippen LogP contribution in [0.1, 0.15) is 194 Å². The summed E-state index contributed by atoms with van der Waals surface area (Å²) in [6, 6.07) is 0. The van der Waals surface area contributed by atoms with Gasteiger partial charge < -0.3 is 21.3 Å². The van der Waals surface area contributed by atoms with Gasteiger partial charge in [-0.3, -0.25) is 0 Å². The van der Waals surface area contributed by atoms with E-state index >= 15 is 0 Å². The van der Waals surface area contributed by atoms with Crippen molar-refractivity contribution in [3.05, 3.63) is 0 Å². The van der Waals surface area contributed by atoms with Crippen LogP contribution in [0.3, 0.4) is 0 Å². The summed E-state index contributed by atoms with van der Waals surface area (Å²) in [5.41, 5.74) is 11.7. The second-order valence-corrected chi connectivity index (χ2v) is 13.5. The van der Waals surface area contributed by atoms with Crippen molar-refractivity contribution < 1.29 is 0 Å². The molecule has 0 aliphatic rings. The Balaban J connectivity index is -0.00000140. The van der Waals surface area contributed by atoms with Gasteiger partial charge in [-0.2, -0.15) is 0 Å². The van der Waals surface area contributed by atoms with Crippen LogP contribution in [0.4, 0.5) is 0 Å². The van der Waals surface area contributed by atoms with Gasteiger partial charge in [0.1, 0.15) is 0 Å².